The molecule has 6 nitrogen and oxygen atoms in total. The summed E-state index contributed by atoms with van der Waals surface area (Å²) in [5.74, 6) is -0.764. The molecule has 1 heterocycles. The van der Waals surface area contributed by atoms with Gasteiger partial charge in [0.1, 0.15) is 0 Å². The first-order valence-corrected chi connectivity index (χ1v) is 6.57. The summed E-state index contributed by atoms with van der Waals surface area (Å²) >= 11 is 0. The van der Waals surface area contributed by atoms with Crippen LogP contribution in [0.2, 0.25) is 0 Å². The lowest BCUT2D eigenvalue weighted by molar-refractivity contribution is -0.152. The molecule has 1 N–H and O–H groups in total. The van der Waals surface area contributed by atoms with Crippen molar-refractivity contribution in [3.05, 3.63) is 0 Å². The molecule has 0 atom stereocenters. The predicted molar refractivity (Wildman–Crippen MR) is 69.4 cm³/mol. The van der Waals surface area contributed by atoms with Crippen molar-refractivity contribution in [3.8, 4) is 6.07 Å². The topological polar surface area (TPSA) is 84.6 Å². The maximum atomic E-state index is 12.1. The van der Waals surface area contributed by atoms with Gasteiger partial charge in [-0.1, -0.05) is 6.92 Å². The first-order chi connectivity index (χ1) is 8.96. The Morgan fingerprint density at radius 3 is 2.42 bits per heavy atom. The smallest absolute Gasteiger partial charge is 0.319 e. The van der Waals surface area contributed by atoms with Crippen molar-refractivity contribution in [1.29, 1.82) is 5.26 Å². The number of piperidine rings is 1. The van der Waals surface area contributed by atoms with Crippen LogP contribution in [0.25, 0.3) is 0 Å². The van der Waals surface area contributed by atoms with E-state index in [1.807, 2.05) is 13.0 Å². The molecule has 0 saturated carbocycles. The Morgan fingerprint density at radius 2 is 2.00 bits per heavy atom. The first-order valence-electron chi connectivity index (χ1n) is 6.57. The number of nitriles is 1. The Kier molecular flexibility index (Phi) is 5.16. The number of carboxylic acid groups (broad SMARTS) is 1. The van der Waals surface area contributed by atoms with Crippen molar-refractivity contribution in [2.45, 2.75) is 32.6 Å². The van der Waals surface area contributed by atoms with Gasteiger partial charge in [0.15, 0.2) is 0 Å². The average molecular weight is 267 g/mol. The fourth-order valence-corrected chi connectivity index (χ4v) is 2.40. The SMILES string of the molecule is CCC1(C(=O)O)CCN(C(=O)N(C)CCC#N)CC1. The van der Waals surface area contributed by atoms with Gasteiger partial charge >= 0.3 is 12.0 Å². The number of amides is 2. The second kappa shape index (κ2) is 6.41. The lowest BCUT2D eigenvalue weighted by Gasteiger charge is -2.39. The Hall–Kier alpha value is -1.77. The molecule has 0 aromatic heterocycles. The number of likely N-dealkylation sites (tertiary alicyclic amines) is 1. The largest absolute Gasteiger partial charge is 0.481 e. The van der Waals surface area contributed by atoms with Gasteiger partial charge in [0, 0.05) is 26.7 Å². The molecule has 0 aromatic carbocycles. The number of carbonyl (C=O) groups is 2. The maximum Gasteiger partial charge on any atom is 0.319 e. The highest BCUT2D eigenvalue weighted by Gasteiger charge is 2.41. The van der Waals surface area contributed by atoms with Crippen LogP contribution in [0.15, 0.2) is 0 Å². The van der Waals surface area contributed by atoms with Gasteiger partial charge in [-0.25, -0.2) is 4.79 Å². The molecule has 1 saturated heterocycles. The van der Waals surface area contributed by atoms with E-state index in [2.05, 4.69) is 0 Å². The van der Waals surface area contributed by atoms with E-state index in [1.165, 1.54) is 4.90 Å². The molecular formula is C13H21N3O3. The molecule has 0 spiro atoms. The van der Waals surface area contributed by atoms with Crippen LogP contribution >= 0.6 is 0 Å². The molecule has 1 rings (SSSR count). The number of hydrogen-bond donors (Lipinski definition) is 1. The number of rotatable bonds is 4. The van der Waals surface area contributed by atoms with Gasteiger partial charge in [-0.15, -0.1) is 0 Å². The molecule has 6 heteroatoms. The molecule has 1 fully saturated rings. The minimum absolute atomic E-state index is 0.120. The van der Waals surface area contributed by atoms with Crippen molar-refractivity contribution in [3.63, 3.8) is 0 Å². The quantitative estimate of drug-likeness (QED) is 0.837. The number of carbonyl (C=O) groups excluding carboxylic acids is 1. The second-order valence-corrected chi connectivity index (χ2v) is 5.04. The van der Waals surface area contributed by atoms with Gasteiger partial charge in [0.05, 0.1) is 17.9 Å². The zero-order chi connectivity index (χ0) is 14.5. The van der Waals surface area contributed by atoms with E-state index < -0.39 is 11.4 Å². The predicted octanol–water partition coefficient (Wildman–Crippen LogP) is 1.53. The summed E-state index contributed by atoms with van der Waals surface area (Å²) in [6, 6.07) is 1.88. The molecule has 0 aromatic rings. The third kappa shape index (κ3) is 3.37. The number of aliphatic carboxylic acids is 1. The van der Waals surface area contributed by atoms with Crippen LogP contribution in [-0.4, -0.2) is 53.6 Å². The Bertz CT molecular complexity index is 381. The fraction of sp³-hybridized carbons (Fsp3) is 0.769. The second-order valence-electron chi connectivity index (χ2n) is 5.04. The third-order valence-electron chi connectivity index (χ3n) is 4.01. The lowest BCUT2D eigenvalue weighted by atomic mass is 9.76. The van der Waals surface area contributed by atoms with E-state index in [4.69, 9.17) is 5.26 Å². The van der Waals surface area contributed by atoms with Gasteiger partial charge in [0.25, 0.3) is 0 Å². The summed E-state index contributed by atoms with van der Waals surface area (Å²) in [7, 11) is 1.67. The summed E-state index contributed by atoms with van der Waals surface area (Å²) in [5.41, 5.74) is -0.679. The van der Waals surface area contributed by atoms with Crippen molar-refractivity contribution in [2.24, 2.45) is 5.41 Å². The number of urea groups is 1. The minimum atomic E-state index is -0.764. The van der Waals surface area contributed by atoms with Crippen molar-refractivity contribution < 1.29 is 14.7 Å². The molecule has 0 bridgehead atoms. The zero-order valence-corrected chi connectivity index (χ0v) is 11.6. The number of nitrogens with zero attached hydrogens (tertiary/aromatic N) is 3. The van der Waals surface area contributed by atoms with Crippen molar-refractivity contribution in [2.75, 3.05) is 26.7 Å². The van der Waals surface area contributed by atoms with E-state index in [0.717, 1.165) is 0 Å². The average Bonchev–Trinajstić information content (AvgIpc) is 2.43. The highest BCUT2D eigenvalue weighted by molar-refractivity contribution is 5.77. The van der Waals surface area contributed by atoms with Crippen LogP contribution in [0.1, 0.15) is 32.6 Å². The van der Waals surface area contributed by atoms with E-state index >= 15 is 0 Å². The van der Waals surface area contributed by atoms with Gasteiger partial charge in [-0.05, 0) is 19.3 Å². The first kappa shape index (κ1) is 15.3. The Balaban J connectivity index is 2.56. The fourth-order valence-electron chi connectivity index (χ4n) is 2.40. The van der Waals surface area contributed by atoms with Crippen molar-refractivity contribution in [1.82, 2.24) is 9.80 Å². The molecular weight excluding hydrogens is 246 g/mol. The van der Waals surface area contributed by atoms with E-state index in [1.54, 1.807) is 11.9 Å². The summed E-state index contributed by atoms with van der Waals surface area (Å²) < 4.78 is 0. The molecule has 0 unspecified atom stereocenters. The van der Waals surface area contributed by atoms with Crippen LogP contribution < -0.4 is 0 Å². The summed E-state index contributed by atoms with van der Waals surface area (Å²) in [6.07, 6.45) is 1.89. The summed E-state index contributed by atoms with van der Waals surface area (Å²) in [5, 5.41) is 17.8. The molecule has 2 amide bonds. The normalized spacial score (nSPS) is 17.6. The number of hydrogen-bond acceptors (Lipinski definition) is 3. The monoisotopic (exact) mass is 267 g/mol. The summed E-state index contributed by atoms with van der Waals surface area (Å²) in [4.78, 5) is 26.6. The molecule has 19 heavy (non-hydrogen) atoms. The highest BCUT2D eigenvalue weighted by Crippen LogP contribution is 2.35. The van der Waals surface area contributed by atoms with E-state index in [9.17, 15) is 14.7 Å². The summed E-state index contributed by atoms with van der Waals surface area (Å²) in [6.45, 7) is 3.22. The minimum Gasteiger partial charge on any atom is -0.481 e. The van der Waals surface area contributed by atoms with E-state index in [0.29, 0.717) is 45.3 Å². The maximum absolute atomic E-state index is 12.1. The van der Waals surface area contributed by atoms with Crippen LogP contribution in [-0.2, 0) is 4.79 Å². The zero-order valence-electron chi connectivity index (χ0n) is 11.6. The lowest BCUT2D eigenvalue weighted by Crippen LogP contribution is -2.50. The van der Waals surface area contributed by atoms with Crippen molar-refractivity contribution >= 4 is 12.0 Å². The van der Waals surface area contributed by atoms with Crippen LogP contribution in [0, 0.1) is 16.7 Å². The standard InChI is InChI=1S/C13H21N3O3/c1-3-13(11(17)18)5-9-16(10-6-13)12(19)15(2)8-4-7-14/h3-6,8-10H2,1-2H3,(H,17,18). The Labute approximate surface area is 113 Å². The van der Waals surface area contributed by atoms with Gasteiger partial charge in [-0.2, -0.15) is 5.26 Å². The van der Waals surface area contributed by atoms with Crippen LogP contribution in [0.3, 0.4) is 0 Å². The van der Waals surface area contributed by atoms with Crippen LogP contribution in [0.5, 0.6) is 0 Å². The Morgan fingerprint density at radius 1 is 1.42 bits per heavy atom. The molecule has 1 aliphatic heterocycles. The third-order valence-corrected chi connectivity index (χ3v) is 4.01. The van der Waals surface area contributed by atoms with E-state index in [-0.39, 0.29) is 6.03 Å². The molecule has 1 aliphatic rings. The van der Waals surface area contributed by atoms with Gasteiger partial charge < -0.3 is 14.9 Å². The molecule has 106 valence electrons. The molecule has 0 aliphatic carbocycles. The van der Waals surface area contributed by atoms with Crippen LogP contribution in [0.4, 0.5) is 4.79 Å². The van der Waals surface area contributed by atoms with Gasteiger partial charge in [0.2, 0.25) is 0 Å². The van der Waals surface area contributed by atoms with Gasteiger partial charge in [-0.3, -0.25) is 4.79 Å². The molecule has 0 radical (unpaired) electrons. The number of carboxylic acids is 1. The highest BCUT2D eigenvalue weighted by atomic mass is 16.4.